The molecule has 6 heteroatoms. The van der Waals surface area contributed by atoms with Crippen LogP contribution in [0.15, 0.2) is 71.1 Å². The summed E-state index contributed by atoms with van der Waals surface area (Å²) in [5, 5.41) is 0. The zero-order valence-electron chi connectivity index (χ0n) is 18.1. The normalized spacial score (nSPS) is 14.9. The van der Waals surface area contributed by atoms with Crippen LogP contribution in [-0.4, -0.2) is 53.0 Å². The minimum Gasteiger partial charge on any atom is -0.454 e. The lowest BCUT2D eigenvalue weighted by Crippen LogP contribution is -2.48. The summed E-state index contributed by atoms with van der Waals surface area (Å²) in [5.74, 6) is 0.410. The average molecular weight is 432 g/mol. The lowest BCUT2D eigenvalue weighted by molar-refractivity contribution is 0.0633. The summed E-state index contributed by atoms with van der Waals surface area (Å²) >= 11 is 0. The van der Waals surface area contributed by atoms with Gasteiger partial charge in [-0.1, -0.05) is 37.3 Å². The highest BCUT2D eigenvalue weighted by atomic mass is 19.1. The third-order valence-corrected chi connectivity index (χ3v) is 6.23. The van der Waals surface area contributed by atoms with Crippen molar-refractivity contribution in [3.05, 3.63) is 83.8 Å². The molecule has 1 aliphatic heterocycles. The summed E-state index contributed by atoms with van der Waals surface area (Å²) in [5.41, 5.74) is 4.08. The van der Waals surface area contributed by atoms with Crippen molar-refractivity contribution < 1.29 is 13.6 Å². The fourth-order valence-corrected chi connectivity index (χ4v) is 4.34. The molecule has 1 aliphatic rings. The molecule has 1 saturated heterocycles. The van der Waals surface area contributed by atoms with E-state index in [-0.39, 0.29) is 11.7 Å². The fraction of sp³-hybridized carbons (Fsp3) is 0.269. The molecule has 0 aliphatic carbocycles. The van der Waals surface area contributed by atoms with Gasteiger partial charge in [0.05, 0.1) is 5.52 Å². The van der Waals surface area contributed by atoms with Gasteiger partial charge < -0.3 is 18.8 Å². The first-order valence-electron chi connectivity index (χ1n) is 11.1. The van der Waals surface area contributed by atoms with E-state index in [4.69, 9.17) is 4.42 Å². The number of furan rings is 1. The molecule has 5 rings (SSSR count). The molecule has 1 fully saturated rings. The van der Waals surface area contributed by atoms with Crippen molar-refractivity contribution in [1.29, 1.82) is 0 Å². The Morgan fingerprint density at radius 2 is 1.69 bits per heavy atom. The van der Waals surface area contributed by atoms with Crippen LogP contribution < -0.4 is 0 Å². The number of likely N-dealkylation sites (N-methyl/N-ethyl adjacent to an activating group) is 1. The number of aromatic nitrogens is 1. The largest absolute Gasteiger partial charge is 0.454 e. The quantitative estimate of drug-likeness (QED) is 0.453. The molecule has 0 spiro atoms. The molecule has 164 valence electrons. The van der Waals surface area contributed by atoms with Gasteiger partial charge in [0.1, 0.15) is 17.3 Å². The smallest absolute Gasteiger partial charge is 0.270 e. The standard InChI is InChI=1S/C26H26FN3O2/c1-2-28-12-14-29(15-13-28)26(31)23-17-25-22(30(23)18-19-6-4-3-5-7-19)16-24(32-25)20-8-10-21(27)11-9-20/h3-11,16-17H,2,12-15,18H2,1H3. The van der Waals surface area contributed by atoms with E-state index in [0.29, 0.717) is 23.6 Å². The third kappa shape index (κ3) is 3.94. The number of nitrogens with zero attached hydrogens (tertiary/aromatic N) is 3. The number of rotatable bonds is 5. The summed E-state index contributed by atoms with van der Waals surface area (Å²) in [6.45, 7) is 6.97. The first-order chi connectivity index (χ1) is 15.6. The number of amides is 1. The summed E-state index contributed by atoms with van der Waals surface area (Å²) in [6.07, 6.45) is 0. The Hall–Kier alpha value is -3.38. The highest BCUT2D eigenvalue weighted by Crippen LogP contribution is 2.31. The summed E-state index contributed by atoms with van der Waals surface area (Å²) in [6, 6.07) is 20.1. The minimum absolute atomic E-state index is 0.0337. The van der Waals surface area contributed by atoms with Crippen molar-refractivity contribution >= 4 is 17.0 Å². The second kappa shape index (κ2) is 8.63. The van der Waals surface area contributed by atoms with Crippen LogP contribution in [0.5, 0.6) is 0 Å². The SMILES string of the molecule is CCN1CCN(C(=O)c2cc3oc(-c4ccc(F)cc4)cc3n2Cc2ccccc2)CC1. The average Bonchev–Trinajstić information content (AvgIpc) is 3.39. The molecule has 5 nitrogen and oxygen atoms in total. The molecule has 0 radical (unpaired) electrons. The molecule has 0 unspecified atom stereocenters. The maximum atomic E-state index is 13.5. The van der Waals surface area contributed by atoms with Gasteiger partial charge in [-0.05, 0) is 36.4 Å². The summed E-state index contributed by atoms with van der Waals surface area (Å²) < 4.78 is 21.5. The van der Waals surface area contributed by atoms with Gasteiger partial charge in [-0.3, -0.25) is 4.79 Å². The van der Waals surface area contributed by atoms with Crippen LogP contribution in [0.3, 0.4) is 0 Å². The van der Waals surface area contributed by atoms with Gasteiger partial charge in [-0.25, -0.2) is 4.39 Å². The van der Waals surface area contributed by atoms with Crippen LogP contribution >= 0.6 is 0 Å². The third-order valence-electron chi connectivity index (χ3n) is 6.23. The van der Waals surface area contributed by atoms with Crippen molar-refractivity contribution in [3.8, 4) is 11.3 Å². The predicted molar refractivity (Wildman–Crippen MR) is 123 cm³/mol. The van der Waals surface area contributed by atoms with Crippen molar-refractivity contribution in [1.82, 2.24) is 14.4 Å². The van der Waals surface area contributed by atoms with E-state index >= 15 is 0 Å². The summed E-state index contributed by atoms with van der Waals surface area (Å²) in [7, 11) is 0. The molecular formula is C26H26FN3O2. The lowest BCUT2D eigenvalue weighted by atomic mass is 10.2. The van der Waals surface area contributed by atoms with E-state index in [9.17, 15) is 9.18 Å². The van der Waals surface area contributed by atoms with E-state index in [1.54, 1.807) is 12.1 Å². The number of carbonyl (C=O) groups is 1. The molecule has 4 aromatic rings. The van der Waals surface area contributed by atoms with Crippen molar-refractivity contribution in [2.45, 2.75) is 13.5 Å². The van der Waals surface area contributed by atoms with Gasteiger partial charge >= 0.3 is 0 Å². The fourth-order valence-electron chi connectivity index (χ4n) is 4.34. The number of hydrogen-bond donors (Lipinski definition) is 0. The van der Waals surface area contributed by atoms with E-state index in [1.165, 1.54) is 12.1 Å². The minimum atomic E-state index is -0.283. The van der Waals surface area contributed by atoms with E-state index in [2.05, 4.69) is 24.0 Å². The molecular weight excluding hydrogens is 405 g/mol. The first kappa shape index (κ1) is 20.5. The van der Waals surface area contributed by atoms with Gasteiger partial charge in [0, 0.05) is 50.4 Å². The predicted octanol–water partition coefficient (Wildman–Crippen LogP) is 4.87. The highest BCUT2D eigenvalue weighted by Gasteiger charge is 2.26. The molecule has 0 N–H and O–H groups in total. The monoisotopic (exact) mass is 431 g/mol. The van der Waals surface area contributed by atoms with Gasteiger partial charge in [-0.15, -0.1) is 0 Å². The maximum absolute atomic E-state index is 13.5. The Bertz CT molecular complexity index is 1220. The Balaban J connectivity index is 1.52. The zero-order chi connectivity index (χ0) is 22.1. The number of piperazine rings is 1. The molecule has 3 heterocycles. The van der Waals surface area contributed by atoms with Crippen LogP contribution in [0.1, 0.15) is 23.0 Å². The van der Waals surface area contributed by atoms with Gasteiger partial charge in [0.2, 0.25) is 0 Å². The lowest BCUT2D eigenvalue weighted by Gasteiger charge is -2.34. The summed E-state index contributed by atoms with van der Waals surface area (Å²) in [4.78, 5) is 17.8. The van der Waals surface area contributed by atoms with E-state index < -0.39 is 0 Å². The highest BCUT2D eigenvalue weighted by molar-refractivity contribution is 5.98. The van der Waals surface area contributed by atoms with Gasteiger partial charge in [0.15, 0.2) is 5.58 Å². The van der Waals surface area contributed by atoms with Crippen LogP contribution in [0, 0.1) is 5.82 Å². The molecule has 2 aromatic heterocycles. The number of carbonyl (C=O) groups excluding carboxylic acids is 1. The van der Waals surface area contributed by atoms with E-state index in [0.717, 1.165) is 49.4 Å². The topological polar surface area (TPSA) is 41.6 Å². The zero-order valence-corrected chi connectivity index (χ0v) is 18.1. The molecule has 32 heavy (non-hydrogen) atoms. The molecule has 0 atom stereocenters. The number of fused-ring (bicyclic) bond motifs is 1. The van der Waals surface area contributed by atoms with Crippen LogP contribution in [0.2, 0.25) is 0 Å². The maximum Gasteiger partial charge on any atom is 0.270 e. The second-order valence-corrected chi connectivity index (χ2v) is 8.19. The van der Waals surface area contributed by atoms with Crippen molar-refractivity contribution in [2.24, 2.45) is 0 Å². The molecule has 2 aromatic carbocycles. The number of benzene rings is 2. The number of halogens is 1. The Kier molecular flexibility index (Phi) is 5.53. The van der Waals surface area contributed by atoms with Gasteiger partial charge in [0.25, 0.3) is 5.91 Å². The van der Waals surface area contributed by atoms with Crippen LogP contribution in [0.4, 0.5) is 4.39 Å². The van der Waals surface area contributed by atoms with E-state index in [1.807, 2.05) is 39.8 Å². The molecule has 0 bridgehead atoms. The van der Waals surface area contributed by atoms with Crippen molar-refractivity contribution in [3.63, 3.8) is 0 Å². The van der Waals surface area contributed by atoms with Crippen molar-refractivity contribution in [2.75, 3.05) is 32.7 Å². The van der Waals surface area contributed by atoms with Crippen LogP contribution in [-0.2, 0) is 6.54 Å². The molecule has 0 saturated carbocycles. The van der Waals surface area contributed by atoms with Crippen LogP contribution in [0.25, 0.3) is 22.4 Å². The Morgan fingerprint density at radius 3 is 2.38 bits per heavy atom. The van der Waals surface area contributed by atoms with Gasteiger partial charge in [-0.2, -0.15) is 0 Å². The first-order valence-corrected chi connectivity index (χ1v) is 11.1. The second-order valence-electron chi connectivity index (χ2n) is 8.19. The number of hydrogen-bond acceptors (Lipinski definition) is 3. The Morgan fingerprint density at radius 1 is 0.969 bits per heavy atom. The molecule has 1 amide bonds. The Labute approximate surface area is 186 Å².